The molecule has 402 valence electrons. The number of amides is 16. The van der Waals surface area contributed by atoms with Crippen LogP contribution in [0.5, 0.6) is 0 Å². The fourth-order valence-electron chi connectivity index (χ4n) is 7.03. The maximum absolute atomic E-state index is 14.5. The lowest BCUT2D eigenvalue weighted by Gasteiger charge is -2.37. The summed E-state index contributed by atoms with van der Waals surface area (Å²) in [5, 5.41) is 33.0. The number of carbonyl (C=O) groups excluding carboxylic acids is 11. The zero-order valence-electron chi connectivity index (χ0n) is 44.0. The molecule has 1 fully saturated rings. The molecule has 1 rings (SSSR count). The van der Waals surface area contributed by atoms with Gasteiger partial charge in [-0.25, -0.2) is 28.9 Å². The summed E-state index contributed by atoms with van der Waals surface area (Å²) in [6.45, 7) is 14.1. The smallest absolute Gasteiger partial charge is 0.334 e. The van der Waals surface area contributed by atoms with E-state index in [0.717, 1.165) is 59.6 Å². The molecule has 1 aliphatic heterocycles. The van der Waals surface area contributed by atoms with Gasteiger partial charge >= 0.3 is 30.2 Å². The van der Waals surface area contributed by atoms with Crippen molar-refractivity contribution >= 4 is 77.4 Å². The first-order valence-corrected chi connectivity index (χ1v) is 24.2. The van der Waals surface area contributed by atoms with E-state index < -0.39 is 126 Å². The summed E-state index contributed by atoms with van der Waals surface area (Å²) in [6, 6.07) is -12.1. The van der Waals surface area contributed by atoms with Crippen molar-refractivity contribution in [3.63, 3.8) is 0 Å². The Hall–Kier alpha value is -5.86. The number of thioether (sulfide) groups is 1. The molecule has 1 aliphatic rings. The summed E-state index contributed by atoms with van der Waals surface area (Å²) in [7, 11) is 7.88. The molecule has 1 saturated heterocycles. The van der Waals surface area contributed by atoms with Crippen LogP contribution in [-0.4, -0.2) is 226 Å². The molecule has 0 radical (unpaired) electrons. The molecule has 71 heavy (non-hydrogen) atoms. The van der Waals surface area contributed by atoms with Crippen LogP contribution in [0, 0.1) is 11.8 Å². The van der Waals surface area contributed by atoms with Gasteiger partial charge in [0.2, 0.25) is 11.8 Å². The molecule has 7 N–H and O–H groups in total. The van der Waals surface area contributed by atoms with Crippen LogP contribution in [0.25, 0.3) is 0 Å². The third-order valence-electron chi connectivity index (χ3n) is 11.4. The standard InChI is InChI=1S/C45H78N12O13S/c1-17-18-19-27(6)33(59)32-36(62)50-42(67)56(15)39(71-21-20-46-26(4)5)38(64)52(11)30(23-45(8,9)70)35(61)49-40(65)51(10)24-31(58)47-28(7)34(60)48-41(66)53(12)29(22-25(2)3)37(63)55(14)44(69)57(16)43(68)54(32)13/h17-18,25-30,32-33,39,46,59,70H,19-24H2,1-16H3,(H,47,58)(H,48,60,66)(H,49,61,65)(H,50,62,67)/b18-17+/t27-,28-,29-,30+,32+,33-,39-/m1/s1. The van der Waals surface area contributed by atoms with Gasteiger partial charge in [0, 0.05) is 74.1 Å². The van der Waals surface area contributed by atoms with E-state index >= 15 is 0 Å². The van der Waals surface area contributed by atoms with Gasteiger partial charge in [0.25, 0.3) is 23.6 Å². The van der Waals surface area contributed by atoms with Crippen molar-refractivity contribution in [1.29, 1.82) is 0 Å². The lowest BCUT2D eigenvalue weighted by atomic mass is 9.93. The highest BCUT2D eigenvalue weighted by molar-refractivity contribution is 8.00. The van der Waals surface area contributed by atoms with E-state index in [1.165, 1.54) is 41.9 Å². The van der Waals surface area contributed by atoms with Gasteiger partial charge in [0.15, 0.2) is 5.37 Å². The highest BCUT2D eigenvalue weighted by Crippen LogP contribution is 2.24. The Morgan fingerprint density at radius 1 is 0.718 bits per heavy atom. The Labute approximate surface area is 421 Å². The van der Waals surface area contributed by atoms with Crippen molar-refractivity contribution in [3.05, 3.63) is 12.2 Å². The first-order chi connectivity index (χ1) is 32.7. The number of nitrogens with one attached hydrogen (secondary N) is 5. The van der Waals surface area contributed by atoms with Crippen molar-refractivity contribution in [2.45, 2.75) is 129 Å². The maximum Gasteiger partial charge on any atom is 0.334 e. The normalized spacial score (nSPS) is 23.6. The fraction of sp³-hybridized carbons (Fsp3) is 0.711. The van der Waals surface area contributed by atoms with Crippen molar-refractivity contribution in [2.75, 3.05) is 68.2 Å². The van der Waals surface area contributed by atoms with Gasteiger partial charge in [-0.05, 0) is 52.4 Å². The topological polar surface area (TPSA) is 311 Å². The average Bonchev–Trinajstić information content (AvgIpc) is 3.28. The van der Waals surface area contributed by atoms with Gasteiger partial charge in [-0.3, -0.25) is 49.6 Å². The molecule has 0 saturated carbocycles. The summed E-state index contributed by atoms with van der Waals surface area (Å²) in [4.78, 5) is 157. The average molecular weight is 1030 g/mol. The zero-order valence-corrected chi connectivity index (χ0v) is 44.8. The quantitative estimate of drug-likeness (QED) is 0.0968. The number of carbonyl (C=O) groups is 11. The molecule has 0 unspecified atom stereocenters. The predicted molar refractivity (Wildman–Crippen MR) is 264 cm³/mol. The molecule has 0 aromatic rings. The number of aliphatic hydroxyl groups excluding tert-OH is 1. The van der Waals surface area contributed by atoms with Crippen LogP contribution in [0.2, 0.25) is 0 Å². The molecule has 26 heteroatoms. The number of urea groups is 5. The van der Waals surface area contributed by atoms with Crippen molar-refractivity contribution in [2.24, 2.45) is 11.8 Å². The van der Waals surface area contributed by atoms with E-state index in [4.69, 9.17) is 0 Å². The lowest BCUT2D eigenvalue weighted by molar-refractivity contribution is -0.141. The van der Waals surface area contributed by atoms with E-state index in [2.05, 4.69) is 26.6 Å². The maximum atomic E-state index is 14.5. The number of hydrogen-bond acceptors (Lipinski definition) is 15. The van der Waals surface area contributed by atoms with Gasteiger partial charge < -0.3 is 45.3 Å². The van der Waals surface area contributed by atoms with Crippen LogP contribution in [-0.2, 0) is 28.8 Å². The summed E-state index contributed by atoms with van der Waals surface area (Å²) >= 11 is 0.944. The minimum absolute atomic E-state index is 0.0316. The Balaban J connectivity index is 4.08. The third kappa shape index (κ3) is 19.0. The molecule has 0 aliphatic carbocycles. The lowest BCUT2D eigenvalue weighted by Crippen LogP contribution is -2.62. The molecular weight excluding hydrogens is 949 g/mol. The molecule has 0 bridgehead atoms. The van der Waals surface area contributed by atoms with Gasteiger partial charge in [-0.2, -0.15) is 0 Å². The number of aliphatic hydroxyl groups is 2. The number of rotatable bonds is 13. The zero-order chi connectivity index (χ0) is 55.0. The minimum Gasteiger partial charge on any atom is -0.390 e. The molecular formula is C45H78N12O13S. The summed E-state index contributed by atoms with van der Waals surface area (Å²) in [6.07, 6.45) is 1.43. The monoisotopic (exact) mass is 1030 g/mol. The van der Waals surface area contributed by atoms with Crippen LogP contribution in [0.15, 0.2) is 12.2 Å². The van der Waals surface area contributed by atoms with Crippen molar-refractivity contribution < 1.29 is 63.0 Å². The van der Waals surface area contributed by atoms with Gasteiger partial charge in [0.1, 0.15) is 30.7 Å². The number of nitrogens with zero attached hydrogens (tertiary/aromatic N) is 7. The van der Waals surface area contributed by atoms with Crippen molar-refractivity contribution in [1.82, 2.24) is 60.9 Å². The van der Waals surface area contributed by atoms with E-state index in [1.54, 1.807) is 39.8 Å². The second-order valence-corrected chi connectivity index (χ2v) is 20.2. The Morgan fingerprint density at radius 2 is 1.27 bits per heavy atom. The van der Waals surface area contributed by atoms with Crippen LogP contribution in [0.1, 0.15) is 81.6 Å². The van der Waals surface area contributed by atoms with E-state index in [-0.39, 0.29) is 30.6 Å². The van der Waals surface area contributed by atoms with Crippen LogP contribution in [0.4, 0.5) is 24.0 Å². The summed E-state index contributed by atoms with van der Waals surface area (Å²) in [5.74, 6) is -6.93. The second kappa shape index (κ2) is 28.2. The van der Waals surface area contributed by atoms with Crippen molar-refractivity contribution in [3.8, 4) is 0 Å². The van der Waals surface area contributed by atoms with E-state index in [9.17, 15) is 63.0 Å². The Bertz CT molecular complexity index is 1980. The van der Waals surface area contributed by atoms with Crippen LogP contribution < -0.4 is 26.6 Å². The molecule has 25 nitrogen and oxygen atoms in total. The first-order valence-electron chi connectivity index (χ1n) is 23.2. The highest BCUT2D eigenvalue weighted by Gasteiger charge is 2.43. The SMILES string of the molecule is C/C=C/C[C@@H](C)[C@@H](O)[C@H]1C(=O)NC(=O)N(C)[C@H](SCCNC(C)C)C(=O)N(C)[C@@H](CC(C)(C)O)C(=O)NC(=O)N(C)CC(=O)N[C@H](C)C(=O)NC(=O)N(C)[C@H](CC(C)C)C(=O)N(C)C(=O)N(C)C(=O)N1C. The summed E-state index contributed by atoms with van der Waals surface area (Å²) < 4.78 is 0. The Morgan fingerprint density at radius 3 is 1.80 bits per heavy atom. The van der Waals surface area contributed by atoms with Gasteiger partial charge in [-0.1, -0.05) is 46.8 Å². The van der Waals surface area contributed by atoms with Crippen LogP contribution >= 0.6 is 11.8 Å². The fourth-order valence-corrected chi connectivity index (χ4v) is 8.11. The van der Waals surface area contributed by atoms with Gasteiger partial charge in [-0.15, -0.1) is 11.8 Å². The number of likely N-dealkylation sites (N-methyl/N-ethyl adjacent to an activating group) is 6. The van der Waals surface area contributed by atoms with Crippen LogP contribution in [0.3, 0.4) is 0 Å². The molecule has 0 aromatic carbocycles. The number of imide groups is 5. The molecule has 16 amide bonds. The second-order valence-electron chi connectivity index (χ2n) is 19.1. The third-order valence-corrected chi connectivity index (χ3v) is 12.7. The molecule has 1 heterocycles. The largest absolute Gasteiger partial charge is 0.390 e. The number of allylic oxidation sites excluding steroid dienone is 2. The highest BCUT2D eigenvalue weighted by atomic mass is 32.2. The Kier molecular flexibility index (Phi) is 25.1. The first kappa shape index (κ1) is 63.2. The number of hydrogen-bond donors (Lipinski definition) is 7. The molecule has 0 spiro atoms. The minimum atomic E-state index is -1.88. The summed E-state index contributed by atoms with van der Waals surface area (Å²) in [5.41, 5.74) is -1.63. The van der Waals surface area contributed by atoms with E-state index in [1.807, 2.05) is 13.8 Å². The van der Waals surface area contributed by atoms with E-state index in [0.29, 0.717) is 21.2 Å². The van der Waals surface area contributed by atoms with Gasteiger partial charge in [0.05, 0.1) is 11.7 Å². The molecule has 7 atom stereocenters. The molecule has 0 aromatic heterocycles. The predicted octanol–water partition coefficient (Wildman–Crippen LogP) is 0.363.